The summed E-state index contributed by atoms with van der Waals surface area (Å²) in [4.78, 5) is 0. The van der Waals surface area contributed by atoms with Gasteiger partial charge in [-0.1, -0.05) is 61.0 Å². The zero-order valence-electron chi connectivity index (χ0n) is 10.1. The topological polar surface area (TPSA) is 13.1 Å². The summed E-state index contributed by atoms with van der Waals surface area (Å²) in [6.45, 7) is 2.14. The third-order valence-corrected chi connectivity index (χ3v) is 3.59. The highest BCUT2D eigenvalue weighted by atomic mass is 35.5. The van der Waals surface area contributed by atoms with E-state index in [0.29, 0.717) is 5.02 Å². The highest BCUT2D eigenvalue weighted by molar-refractivity contribution is 6.35. The van der Waals surface area contributed by atoms with Gasteiger partial charge in [-0.15, -0.1) is 0 Å². The SMILES string of the molecule is CCc1ccc(-c2occ3cccc-3c2Cl)cc1. The number of hydrogen-bond donors (Lipinski definition) is 0. The van der Waals surface area contributed by atoms with Gasteiger partial charge in [0.25, 0.3) is 0 Å². The molecule has 0 fully saturated rings. The molecule has 1 nitrogen and oxygen atoms in total. The standard InChI is InChI=1S/C16H13ClO/c1-2-11-6-8-12(9-7-11)16-15(17)14-5-3-4-13(14)10-18-16/h3-10H,2H2,1H3. The molecule has 0 N–H and O–H groups in total. The molecule has 0 spiro atoms. The number of fused-ring (bicyclic) bond motifs is 1. The molecule has 0 saturated carbocycles. The predicted molar refractivity (Wildman–Crippen MR) is 75.2 cm³/mol. The number of halogens is 1. The van der Waals surface area contributed by atoms with Crippen LogP contribution in [0.2, 0.25) is 5.02 Å². The summed E-state index contributed by atoms with van der Waals surface area (Å²) in [5.41, 5.74) is 4.40. The molecule has 1 aliphatic heterocycles. The van der Waals surface area contributed by atoms with Gasteiger partial charge in [0.05, 0.1) is 11.3 Å². The second kappa shape index (κ2) is 4.51. The lowest BCUT2D eigenvalue weighted by molar-refractivity contribution is 0.568. The van der Waals surface area contributed by atoms with Crippen LogP contribution < -0.4 is 0 Å². The van der Waals surface area contributed by atoms with E-state index in [1.807, 2.05) is 18.2 Å². The summed E-state index contributed by atoms with van der Waals surface area (Å²) in [6.07, 6.45) is 2.79. The molecule has 0 unspecified atom stereocenters. The minimum atomic E-state index is 0.682. The molecular formula is C16H13ClO. The first-order chi connectivity index (χ1) is 8.79. The molecule has 0 atom stereocenters. The Balaban J connectivity index is 2.13. The largest absolute Gasteiger partial charge is 0.462 e. The second-order valence-electron chi connectivity index (χ2n) is 4.32. The fourth-order valence-corrected chi connectivity index (χ4v) is 2.45. The highest BCUT2D eigenvalue weighted by Crippen LogP contribution is 2.38. The molecule has 0 saturated heterocycles. The number of hydrogen-bond acceptors (Lipinski definition) is 1. The van der Waals surface area contributed by atoms with Crippen molar-refractivity contribution in [1.82, 2.24) is 0 Å². The summed E-state index contributed by atoms with van der Waals surface area (Å²) >= 11 is 6.40. The molecule has 0 aromatic heterocycles. The zero-order valence-corrected chi connectivity index (χ0v) is 10.9. The summed E-state index contributed by atoms with van der Waals surface area (Å²) in [5, 5.41) is 0.682. The maximum Gasteiger partial charge on any atom is 0.152 e. The van der Waals surface area contributed by atoms with Crippen LogP contribution >= 0.6 is 11.6 Å². The van der Waals surface area contributed by atoms with Crippen LogP contribution in [0.25, 0.3) is 22.5 Å². The summed E-state index contributed by atoms with van der Waals surface area (Å²) in [6, 6.07) is 14.3. The summed E-state index contributed by atoms with van der Waals surface area (Å²) in [5.74, 6) is 0.734. The van der Waals surface area contributed by atoms with Gasteiger partial charge in [0.15, 0.2) is 5.76 Å². The minimum Gasteiger partial charge on any atom is -0.462 e. The van der Waals surface area contributed by atoms with Crippen molar-refractivity contribution in [2.75, 3.05) is 0 Å². The molecule has 1 aromatic rings. The number of rotatable bonds is 2. The quantitative estimate of drug-likeness (QED) is 0.609. The second-order valence-corrected chi connectivity index (χ2v) is 4.70. The van der Waals surface area contributed by atoms with Gasteiger partial charge in [0, 0.05) is 16.7 Å². The van der Waals surface area contributed by atoms with E-state index in [1.54, 1.807) is 6.26 Å². The van der Waals surface area contributed by atoms with E-state index < -0.39 is 0 Å². The van der Waals surface area contributed by atoms with E-state index in [2.05, 4.69) is 31.2 Å². The van der Waals surface area contributed by atoms with Gasteiger partial charge < -0.3 is 4.42 Å². The molecule has 0 bridgehead atoms. The van der Waals surface area contributed by atoms with Gasteiger partial charge in [0.2, 0.25) is 0 Å². The van der Waals surface area contributed by atoms with Crippen molar-refractivity contribution < 1.29 is 4.42 Å². The van der Waals surface area contributed by atoms with Crippen LogP contribution in [0, 0.1) is 0 Å². The molecule has 1 aliphatic carbocycles. The van der Waals surface area contributed by atoms with E-state index in [-0.39, 0.29) is 0 Å². The third-order valence-electron chi connectivity index (χ3n) is 3.21. The Morgan fingerprint density at radius 2 is 1.78 bits per heavy atom. The first kappa shape index (κ1) is 11.4. The van der Waals surface area contributed by atoms with E-state index in [0.717, 1.165) is 28.9 Å². The molecule has 3 rings (SSSR count). The van der Waals surface area contributed by atoms with E-state index >= 15 is 0 Å². The smallest absolute Gasteiger partial charge is 0.152 e. The van der Waals surface area contributed by atoms with Gasteiger partial charge in [-0.05, 0) is 12.0 Å². The average molecular weight is 257 g/mol. The predicted octanol–water partition coefficient (Wildman–Crippen LogP) is 5.27. The fourth-order valence-electron chi connectivity index (χ4n) is 2.12. The lowest BCUT2D eigenvalue weighted by atomic mass is 10.1. The van der Waals surface area contributed by atoms with Crippen molar-refractivity contribution in [2.24, 2.45) is 0 Å². The van der Waals surface area contributed by atoms with Crippen molar-refractivity contribution in [3.05, 3.63) is 59.3 Å². The van der Waals surface area contributed by atoms with Crippen molar-refractivity contribution in [3.8, 4) is 22.5 Å². The maximum atomic E-state index is 6.40. The Morgan fingerprint density at radius 3 is 2.50 bits per heavy atom. The molecule has 90 valence electrons. The number of benzene rings is 1. The molecule has 18 heavy (non-hydrogen) atoms. The summed E-state index contributed by atoms with van der Waals surface area (Å²) < 4.78 is 5.66. The van der Waals surface area contributed by atoms with E-state index in [1.165, 1.54) is 5.56 Å². The maximum absolute atomic E-state index is 6.40. The van der Waals surface area contributed by atoms with Gasteiger partial charge in [-0.25, -0.2) is 0 Å². The first-order valence-electron chi connectivity index (χ1n) is 6.04. The highest BCUT2D eigenvalue weighted by Gasteiger charge is 2.14. The van der Waals surface area contributed by atoms with Gasteiger partial charge >= 0.3 is 0 Å². The van der Waals surface area contributed by atoms with Crippen molar-refractivity contribution in [3.63, 3.8) is 0 Å². The van der Waals surface area contributed by atoms with Gasteiger partial charge in [-0.3, -0.25) is 0 Å². The average Bonchev–Trinajstić information content (AvgIpc) is 2.89. The minimum absolute atomic E-state index is 0.682. The Morgan fingerprint density at radius 1 is 1.00 bits per heavy atom. The van der Waals surface area contributed by atoms with Crippen molar-refractivity contribution in [1.29, 1.82) is 0 Å². The van der Waals surface area contributed by atoms with E-state index in [9.17, 15) is 0 Å². The van der Waals surface area contributed by atoms with Crippen LogP contribution in [0.1, 0.15) is 12.5 Å². The van der Waals surface area contributed by atoms with Crippen molar-refractivity contribution >= 4 is 11.6 Å². The normalized spacial score (nSPS) is 11.0. The lowest BCUT2D eigenvalue weighted by Crippen LogP contribution is -1.85. The monoisotopic (exact) mass is 256 g/mol. The van der Waals surface area contributed by atoms with Gasteiger partial charge in [-0.2, -0.15) is 0 Å². The molecule has 1 aromatic carbocycles. The molecule has 0 amide bonds. The Labute approximate surface area is 111 Å². The molecule has 2 heteroatoms. The van der Waals surface area contributed by atoms with Crippen LogP contribution in [-0.2, 0) is 6.42 Å². The van der Waals surface area contributed by atoms with Crippen LogP contribution in [0.4, 0.5) is 0 Å². The molecular weight excluding hydrogens is 244 g/mol. The Kier molecular flexibility index (Phi) is 2.85. The Bertz CT molecular complexity index is 637. The lowest BCUT2D eigenvalue weighted by Gasteiger charge is -2.08. The third kappa shape index (κ3) is 1.81. The first-order valence-corrected chi connectivity index (χ1v) is 6.42. The zero-order chi connectivity index (χ0) is 12.5. The summed E-state index contributed by atoms with van der Waals surface area (Å²) in [7, 11) is 0. The van der Waals surface area contributed by atoms with Gasteiger partial charge in [0.1, 0.15) is 0 Å². The Hall–Kier alpha value is -1.73. The van der Waals surface area contributed by atoms with Crippen LogP contribution in [-0.4, -0.2) is 0 Å². The van der Waals surface area contributed by atoms with Crippen LogP contribution in [0.5, 0.6) is 0 Å². The van der Waals surface area contributed by atoms with Crippen LogP contribution in [0.15, 0.2) is 53.1 Å². The molecule has 2 aliphatic rings. The van der Waals surface area contributed by atoms with E-state index in [4.69, 9.17) is 16.0 Å². The fraction of sp³-hybridized carbons (Fsp3) is 0.125. The molecule has 0 radical (unpaired) electrons. The number of aryl methyl sites for hydroxylation is 1. The van der Waals surface area contributed by atoms with Crippen LogP contribution in [0.3, 0.4) is 0 Å². The van der Waals surface area contributed by atoms with Crippen molar-refractivity contribution in [2.45, 2.75) is 13.3 Å². The molecule has 1 heterocycles.